The van der Waals surface area contributed by atoms with Gasteiger partial charge >= 0.3 is 12.2 Å². The third-order valence-electron chi connectivity index (χ3n) is 3.48. The van der Waals surface area contributed by atoms with Gasteiger partial charge in [0.15, 0.2) is 0 Å². The predicted molar refractivity (Wildman–Crippen MR) is 84.2 cm³/mol. The smallest absolute Gasteiger partial charge is 0.352 e. The van der Waals surface area contributed by atoms with Crippen LogP contribution in [0, 0.1) is 0 Å². The number of halogens is 3. The minimum absolute atomic E-state index is 0.0111. The SMILES string of the molecule is CC[C@@H](C)NC(=O)[C@H](C)NC(=O)NCc1ccc(C(F)(F)F)cc1. The molecule has 0 aliphatic carbocycles. The highest BCUT2D eigenvalue weighted by atomic mass is 19.4. The van der Waals surface area contributed by atoms with Crippen molar-refractivity contribution in [3.05, 3.63) is 35.4 Å². The number of alkyl halides is 3. The molecular weight excluding hydrogens is 323 g/mol. The molecule has 1 rings (SSSR count). The van der Waals surface area contributed by atoms with Crippen LogP contribution in [0.2, 0.25) is 0 Å². The summed E-state index contributed by atoms with van der Waals surface area (Å²) < 4.78 is 37.4. The van der Waals surface area contributed by atoms with Crippen molar-refractivity contribution in [3.8, 4) is 0 Å². The molecule has 8 heteroatoms. The van der Waals surface area contributed by atoms with Gasteiger partial charge in [-0.2, -0.15) is 13.2 Å². The van der Waals surface area contributed by atoms with Crippen LogP contribution < -0.4 is 16.0 Å². The van der Waals surface area contributed by atoms with Crippen LogP contribution in [0.4, 0.5) is 18.0 Å². The maximum Gasteiger partial charge on any atom is 0.416 e. The Kier molecular flexibility index (Phi) is 7.06. The normalized spacial score (nSPS) is 13.8. The molecule has 0 aromatic heterocycles. The van der Waals surface area contributed by atoms with E-state index in [0.29, 0.717) is 5.56 Å². The number of rotatable bonds is 6. The number of carbonyl (C=O) groups excluding carboxylic acids is 2. The largest absolute Gasteiger partial charge is 0.416 e. The van der Waals surface area contributed by atoms with Crippen molar-refractivity contribution < 1.29 is 22.8 Å². The lowest BCUT2D eigenvalue weighted by Crippen LogP contribution is -2.49. The minimum atomic E-state index is -4.39. The zero-order valence-electron chi connectivity index (χ0n) is 13.8. The lowest BCUT2D eigenvalue weighted by molar-refractivity contribution is -0.137. The fourth-order valence-electron chi connectivity index (χ4n) is 1.78. The van der Waals surface area contributed by atoms with Crippen LogP contribution in [0.25, 0.3) is 0 Å². The summed E-state index contributed by atoms with van der Waals surface area (Å²) in [6.07, 6.45) is -3.61. The molecule has 0 spiro atoms. The second-order valence-electron chi connectivity index (χ2n) is 5.56. The van der Waals surface area contributed by atoms with Crippen LogP contribution in [0.1, 0.15) is 38.3 Å². The van der Waals surface area contributed by atoms with E-state index in [1.807, 2.05) is 13.8 Å². The first-order chi connectivity index (χ1) is 11.1. The summed E-state index contributed by atoms with van der Waals surface area (Å²) in [6, 6.07) is 3.23. The van der Waals surface area contributed by atoms with Gasteiger partial charge in [-0.05, 0) is 38.0 Å². The Morgan fingerprint density at radius 1 is 1.08 bits per heavy atom. The van der Waals surface area contributed by atoms with E-state index in [9.17, 15) is 22.8 Å². The first-order valence-corrected chi connectivity index (χ1v) is 7.64. The average Bonchev–Trinajstić information content (AvgIpc) is 2.52. The number of amides is 3. The van der Waals surface area contributed by atoms with Gasteiger partial charge in [0.05, 0.1) is 5.56 Å². The van der Waals surface area contributed by atoms with Crippen molar-refractivity contribution in [2.75, 3.05) is 0 Å². The Bertz CT molecular complexity index is 559. The molecule has 3 amide bonds. The highest BCUT2D eigenvalue weighted by molar-refractivity contribution is 5.86. The van der Waals surface area contributed by atoms with Gasteiger partial charge in [-0.15, -0.1) is 0 Å². The van der Waals surface area contributed by atoms with Gasteiger partial charge in [-0.25, -0.2) is 4.79 Å². The van der Waals surface area contributed by atoms with Crippen molar-refractivity contribution in [3.63, 3.8) is 0 Å². The average molecular weight is 345 g/mol. The second kappa shape index (κ2) is 8.56. The molecule has 0 fully saturated rings. The fraction of sp³-hybridized carbons (Fsp3) is 0.500. The van der Waals surface area contributed by atoms with Gasteiger partial charge in [0.25, 0.3) is 0 Å². The molecule has 1 aromatic carbocycles. The molecule has 134 valence electrons. The van der Waals surface area contributed by atoms with Gasteiger partial charge in [-0.1, -0.05) is 19.1 Å². The van der Waals surface area contributed by atoms with Crippen molar-refractivity contribution in [1.29, 1.82) is 0 Å². The van der Waals surface area contributed by atoms with E-state index in [0.717, 1.165) is 18.6 Å². The van der Waals surface area contributed by atoms with Gasteiger partial charge in [0, 0.05) is 12.6 Å². The molecule has 0 aliphatic rings. The molecule has 0 bridgehead atoms. The highest BCUT2D eigenvalue weighted by Crippen LogP contribution is 2.28. The van der Waals surface area contributed by atoms with E-state index in [2.05, 4.69) is 16.0 Å². The van der Waals surface area contributed by atoms with E-state index in [4.69, 9.17) is 0 Å². The van der Waals surface area contributed by atoms with Crippen LogP contribution in [-0.4, -0.2) is 24.0 Å². The number of carbonyl (C=O) groups is 2. The second-order valence-corrected chi connectivity index (χ2v) is 5.56. The number of urea groups is 1. The van der Waals surface area contributed by atoms with E-state index in [1.54, 1.807) is 6.92 Å². The summed E-state index contributed by atoms with van der Waals surface area (Å²) in [6.45, 7) is 5.40. The maximum absolute atomic E-state index is 12.5. The number of benzene rings is 1. The third-order valence-corrected chi connectivity index (χ3v) is 3.48. The van der Waals surface area contributed by atoms with E-state index in [-0.39, 0.29) is 18.5 Å². The zero-order valence-corrected chi connectivity index (χ0v) is 13.8. The molecule has 5 nitrogen and oxygen atoms in total. The van der Waals surface area contributed by atoms with Gasteiger partial charge < -0.3 is 16.0 Å². The first kappa shape index (κ1) is 19.8. The topological polar surface area (TPSA) is 70.2 Å². The molecule has 0 saturated heterocycles. The van der Waals surface area contributed by atoms with Gasteiger partial charge in [-0.3, -0.25) is 4.79 Å². The minimum Gasteiger partial charge on any atom is -0.352 e. The van der Waals surface area contributed by atoms with Crippen molar-refractivity contribution in [1.82, 2.24) is 16.0 Å². The van der Waals surface area contributed by atoms with Gasteiger partial charge in [0.1, 0.15) is 6.04 Å². The molecule has 0 saturated carbocycles. The van der Waals surface area contributed by atoms with Crippen LogP contribution in [0.5, 0.6) is 0 Å². The third kappa shape index (κ3) is 6.47. The van der Waals surface area contributed by atoms with E-state index in [1.165, 1.54) is 12.1 Å². The molecule has 0 heterocycles. The van der Waals surface area contributed by atoms with Crippen LogP contribution in [-0.2, 0) is 17.5 Å². The van der Waals surface area contributed by atoms with Crippen LogP contribution >= 0.6 is 0 Å². The molecule has 24 heavy (non-hydrogen) atoms. The Morgan fingerprint density at radius 2 is 1.67 bits per heavy atom. The van der Waals surface area contributed by atoms with Crippen LogP contribution in [0.3, 0.4) is 0 Å². The Morgan fingerprint density at radius 3 is 2.17 bits per heavy atom. The summed E-state index contributed by atoms with van der Waals surface area (Å²) in [5, 5.41) is 7.71. The molecule has 0 radical (unpaired) electrons. The molecule has 0 aliphatic heterocycles. The molecular formula is C16H22F3N3O2. The first-order valence-electron chi connectivity index (χ1n) is 7.64. The highest BCUT2D eigenvalue weighted by Gasteiger charge is 2.29. The van der Waals surface area contributed by atoms with Crippen molar-refractivity contribution in [2.24, 2.45) is 0 Å². The van der Waals surface area contributed by atoms with E-state index < -0.39 is 23.8 Å². The van der Waals surface area contributed by atoms with Crippen molar-refractivity contribution >= 4 is 11.9 Å². The Hall–Kier alpha value is -2.25. The quantitative estimate of drug-likeness (QED) is 0.742. The fourth-order valence-corrected chi connectivity index (χ4v) is 1.78. The molecule has 2 atom stereocenters. The number of hydrogen-bond donors (Lipinski definition) is 3. The summed E-state index contributed by atoms with van der Waals surface area (Å²) >= 11 is 0. The standard InChI is InChI=1S/C16H22F3N3O2/c1-4-10(2)21-14(23)11(3)22-15(24)20-9-12-5-7-13(8-6-12)16(17,18)19/h5-8,10-11H,4,9H2,1-3H3,(H,21,23)(H2,20,22,24)/t10-,11+/m1/s1. The Balaban J connectivity index is 2.44. The lowest BCUT2D eigenvalue weighted by atomic mass is 10.1. The number of nitrogens with one attached hydrogen (secondary N) is 3. The van der Waals surface area contributed by atoms with Crippen molar-refractivity contribution in [2.45, 2.75) is 52.0 Å². The summed E-state index contributed by atoms with van der Waals surface area (Å²) in [5.74, 6) is -0.297. The zero-order chi connectivity index (χ0) is 18.3. The maximum atomic E-state index is 12.5. The van der Waals surface area contributed by atoms with E-state index >= 15 is 0 Å². The molecule has 1 aromatic rings. The Labute approximate surface area is 139 Å². The lowest BCUT2D eigenvalue weighted by Gasteiger charge is -2.17. The summed E-state index contributed by atoms with van der Waals surface area (Å²) in [5.41, 5.74) is -0.221. The predicted octanol–water partition coefficient (Wildman–Crippen LogP) is 2.81. The number of hydrogen-bond acceptors (Lipinski definition) is 2. The molecule has 3 N–H and O–H groups in total. The summed E-state index contributed by atoms with van der Waals surface area (Å²) in [4.78, 5) is 23.5. The van der Waals surface area contributed by atoms with Gasteiger partial charge in [0.2, 0.25) is 5.91 Å². The summed E-state index contributed by atoms with van der Waals surface area (Å²) in [7, 11) is 0. The monoisotopic (exact) mass is 345 g/mol. The van der Waals surface area contributed by atoms with Crippen LogP contribution in [0.15, 0.2) is 24.3 Å². The molecule has 0 unspecified atom stereocenters.